The maximum atomic E-state index is 13.0. The van der Waals surface area contributed by atoms with Crippen molar-refractivity contribution in [1.29, 1.82) is 0 Å². The van der Waals surface area contributed by atoms with E-state index in [1.807, 2.05) is 0 Å². The van der Waals surface area contributed by atoms with Gasteiger partial charge < -0.3 is 10.8 Å². The second-order valence-corrected chi connectivity index (χ2v) is 12.7. The summed E-state index contributed by atoms with van der Waals surface area (Å²) in [6.45, 7) is 4.22. The second kappa shape index (κ2) is 9.97. The van der Waals surface area contributed by atoms with Crippen LogP contribution in [0.2, 0.25) is 18.1 Å². The molecule has 0 fully saturated rings. The molecule has 2 nitrogen and oxygen atoms in total. The molecule has 0 aliphatic heterocycles. The van der Waals surface area contributed by atoms with Gasteiger partial charge in [-0.2, -0.15) is 39.5 Å². The SMILES string of the molecule is CC(C)(N)CCC[SiH](CCCC(C)(C(F)(F)F)C(F)(F)F)CCC(C)(O)C(F)(F)F. The van der Waals surface area contributed by atoms with Gasteiger partial charge in [0.15, 0.2) is 11.0 Å². The van der Waals surface area contributed by atoms with E-state index < -0.39 is 63.1 Å². The molecule has 0 aromatic rings. The lowest BCUT2D eigenvalue weighted by Gasteiger charge is -2.34. The zero-order valence-electron chi connectivity index (χ0n) is 17.7. The maximum Gasteiger partial charge on any atom is 0.416 e. The van der Waals surface area contributed by atoms with Crippen molar-refractivity contribution >= 4 is 8.80 Å². The third-order valence-corrected chi connectivity index (χ3v) is 9.18. The van der Waals surface area contributed by atoms with E-state index in [1.165, 1.54) is 0 Å². The minimum absolute atomic E-state index is 0.0285. The van der Waals surface area contributed by atoms with Crippen molar-refractivity contribution in [1.82, 2.24) is 0 Å². The van der Waals surface area contributed by atoms with E-state index in [-0.39, 0.29) is 19.0 Å². The molecule has 2 unspecified atom stereocenters. The van der Waals surface area contributed by atoms with Crippen molar-refractivity contribution in [3.8, 4) is 0 Å². The molecule has 0 rings (SSSR count). The zero-order valence-corrected chi connectivity index (χ0v) is 18.8. The Hall–Kier alpha value is -0.493. The summed E-state index contributed by atoms with van der Waals surface area (Å²) in [5.41, 5.74) is -1.50. The van der Waals surface area contributed by atoms with Crippen molar-refractivity contribution < 1.29 is 44.6 Å². The average Bonchev–Trinajstić information content (AvgIpc) is 2.47. The van der Waals surface area contributed by atoms with E-state index >= 15 is 0 Å². The quantitative estimate of drug-likeness (QED) is 0.269. The van der Waals surface area contributed by atoms with E-state index in [1.54, 1.807) is 13.8 Å². The molecule has 12 heteroatoms. The monoisotopic (exact) mass is 477 g/mol. The third kappa shape index (κ3) is 8.94. The summed E-state index contributed by atoms with van der Waals surface area (Å²) in [6, 6.07) is 0.427. The molecule has 0 aliphatic rings. The highest BCUT2D eigenvalue weighted by atomic mass is 28.3. The summed E-state index contributed by atoms with van der Waals surface area (Å²) in [7, 11) is -2.14. The fourth-order valence-electron chi connectivity index (χ4n) is 3.09. The molecule has 2 atom stereocenters. The number of hydrogen-bond donors (Lipinski definition) is 2. The van der Waals surface area contributed by atoms with E-state index in [0.717, 1.165) is 0 Å². The zero-order chi connectivity index (χ0) is 24.2. The van der Waals surface area contributed by atoms with Crippen molar-refractivity contribution in [2.24, 2.45) is 11.1 Å². The second-order valence-electron chi connectivity index (χ2n) is 9.28. The van der Waals surface area contributed by atoms with Crippen molar-refractivity contribution in [3.63, 3.8) is 0 Å². The summed E-state index contributed by atoms with van der Waals surface area (Å²) < 4.78 is 117. The fraction of sp³-hybridized carbons (Fsp3) is 1.00. The summed E-state index contributed by atoms with van der Waals surface area (Å²) in [5, 5.41) is 9.60. The van der Waals surface area contributed by atoms with Gasteiger partial charge in [-0.1, -0.05) is 31.0 Å². The van der Waals surface area contributed by atoms with Gasteiger partial charge in [0.25, 0.3) is 0 Å². The average molecular weight is 478 g/mol. The summed E-state index contributed by atoms with van der Waals surface area (Å²) in [5.74, 6) is 0. The number of hydrogen-bond acceptors (Lipinski definition) is 2. The molecule has 0 bridgehead atoms. The van der Waals surface area contributed by atoms with Crippen molar-refractivity contribution in [2.45, 2.75) is 108 Å². The Kier molecular flexibility index (Phi) is 9.81. The molecule has 0 spiro atoms. The minimum atomic E-state index is -5.48. The molecule has 0 amide bonds. The predicted octanol–water partition coefficient (Wildman–Crippen LogP) is 6.35. The van der Waals surface area contributed by atoms with E-state index in [2.05, 4.69) is 0 Å². The maximum absolute atomic E-state index is 13.0. The molecule has 0 aromatic carbocycles. The standard InChI is InChI=1S/C18H32F9NOSi/c1-13(2,28)7-5-10-30(12-9-15(4,29)18(25,26)27)11-6-8-14(3,16(19,20)21)17(22,23)24/h29-30H,5-12,28H2,1-4H3. The highest BCUT2D eigenvalue weighted by Gasteiger charge is 2.66. The Morgan fingerprint density at radius 1 is 0.633 bits per heavy atom. The lowest BCUT2D eigenvalue weighted by atomic mass is 9.84. The lowest BCUT2D eigenvalue weighted by Crippen LogP contribution is -2.47. The van der Waals surface area contributed by atoms with Crippen LogP contribution in [0.25, 0.3) is 0 Å². The Bertz CT molecular complexity index is 508. The van der Waals surface area contributed by atoms with Gasteiger partial charge >= 0.3 is 18.5 Å². The van der Waals surface area contributed by atoms with E-state index in [0.29, 0.717) is 25.8 Å². The van der Waals surface area contributed by atoms with Gasteiger partial charge in [-0.3, -0.25) is 0 Å². The Balaban J connectivity index is 5.16. The first-order valence-electron chi connectivity index (χ1n) is 9.75. The molecule has 0 aliphatic carbocycles. The smallest absolute Gasteiger partial charge is 0.381 e. The van der Waals surface area contributed by atoms with Crippen LogP contribution < -0.4 is 5.73 Å². The Morgan fingerprint density at radius 2 is 1.03 bits per heavy atom. The summed E-state index contributed by atoms with van der Waals surface area (Å²) in [4.78, 5) is 0. The first-order chi connectivity index (χ1) is 13.0. The fourth-order valence-corrected chi connectivity index (χ4v) is 6.49. The molecule has 182 valence electrons. The molecule has 30 heavy (non-hydrogen) atoms. The number of rotatable bonds is 11. The largest absolute Gasteiger partial charge is 0.416 e. The Morgan fingerprint density at radius 3 is 1.37 bits per heavy atom. The Labute approximate surface area is 173 Å². The number of aliphatic hydroxyl groups is 1. The van der Waals surface area contributed by atoms with Gasteiger partial charge in [0.2, 0.25) is 0 Å². The van der Waals surface area contributed by atoms with Crippen LogP contribution in [-0.2, 0) is 0 Å². The van der Waals surface area contributed by atoms with E-state index in [9.17, 15) is 44.6 Å². The minimum Gasteiger partial charge on any atom is -0.381 e. The number of halogens is 9. The van der Waals surface area contributed by atoms with Crippen LogP contribution >= 0.6 is 0 Å². The van der Waals surface area contributed by atoms with Crippen LogP contribution in [-0.4, -0.2) is 43.6 Å². The molecular formula is C18H32F9NOSi. The van der Waals surface area contributed by atoms with Gasteiger partial charge in [0.05, 0.1) is 0 Å². The lowest BCUT2D eigenvalue weighted by molar-refractivity contribution is -0.336. The molecule has 0 saturated carbocycles. The molecule has 0 radical (unpaired) electrons. The third-order valence-electron chi connectivity index (χ3n) is 5.62. The molecular weight excluding hydrogens is 445 g/mol. The molecule has 0 aromatic heterocycles. The predicted molar refractivity (Wildman–Crippen MR) is 99.8 cm³/mol. The van der Waals surface area contributed by atoms with Crippen LogP contribution in [0.1, 0.15) is 59.8 Å². The van der Waals surface area contributed by atoms with Gasteiger partial charge in [-0.15, -0.1) is 0 Å². The summed E-state index contributed by atoms with van der Waals surface area (Å²) in [6.07, 6.45) is -17.0. The van der Waals surface area contributed by atoms with Gasteiger partial charge in [-0.25, -0.2) is 0 Å². The number of alkyl halides is 9. The summed E-state index contributed by atoms with van der Waals surface area (Å²) >= 11 is 0. The van der Waals surface area contributed by atoms with Crippen LogP contribution in [0, 0.1) is 5.41 Å². The highest BCUT2D eigenvalue weighted by Crippen LogP contribution is 2.53. The van der Waals surface area contributed by atoms with Crippen LogP contribution in [0.15, 0.2) is 0 Å². The first-order valence-corrected chi connectivity index (χ1v) is 12.2. The van der Waals surface area contributed by atoms with Crippen molar-refractivity contribution in [2.75, 3.05) is 0 Å². The molecule has 0 heterocycles. The van der Waals surface area contributed by atoms with Crippen molar-refractivity contribution in [3.05, 3.63) is 0 Å². The normalized spacial score (nSPS) is 17.7. The van der Waals surface area contributed by atoms with Crippen LogP contribution in [0.3, 0.4) is 0 Å². The van der Waals surface area contributed by atoms with Gasteiger partial charge in [-0.05, 0) is 47.0 Å². The van der Waals surface area contributed by atoms with E-state index in [4.69, 9.17) is 5.73 Å². The highest BCUT2D eigenvalue weighted by molar-refractivity contribution is 6.58. The molecule has 3 N–H and O–H groups in total. The van der Waals surface area contributed by atoms with Gasteiger partial charge in [0.1, 0.15) is 0 Å². The first kappa shape index (κ1) is 29.5. The van der Waals surface area contributed by atoms with Gasteiger partial charge in [0, 0.05) is 14.3 Å². The number of nitrogens with two attached hydrogens (primary N) is 1. The van der Waals surface area contributed by atoms with Crippen LogP contribution in [0.5, 0.6) is 0 Å². The topological polar surface area (TPSA) is 46.2 Å². The van der Waals surface area contributed by atoms with Crippen LogP contribution in [0.4, 0.5) is 39.5 Å². The molecule has 0 saturated heterocycles.